The highest BCUT2D eigenvalue weighted by Gasteiger charge is 2.48. The second kappa shape index (κ2) is 3.58. The highest BCUT2D eigenvalue weighted by atomic mass is 16.5. The molecule has 0 spiro atoms. The monoisotopic (exact) mass is 208 g/mol. The Bertz CT molecular complexity index is 244. The molecule has 0 saturated heterocycles. The lowest BCUT2D eigenvalue weighted by Gasteiger charge is -2.53. The van der Waals surface area contributed by atoms with Crippen molar-refractivity contribution in [3.63, 3.8) is 0 Å². The van der Waals surface area contributed by atoms with E-state index in [1.54, 1.807) is 6.92 Å². The predicted octanol–water partition coefficient (Wildman–Crippen LogP) is 2.42. The van der Waals surface area contributed by atoms with E-state index in [0.717, 1.165) is 23.7 Å². The molecular weight excluding hydrogens is 188 g/mol. The van der Waals surface area contributed by atoms with E-state index in [-0.39, 0.29) is 5.78 Å². The number of ether oxygens (including phenoxy) is 1. The molecule has 4 bridgehead atoms. The van der Waals surface area contributed by atoms with Crippen LogP contribution in [0.2, 0.25) is 0 Å². The zero-order chi connectivity index (χ0) is 10.4. The number of hydrogen-bond donors (Lipinski definition) is 0. The van der Waals surface area contributed by atoms with Gasteiger partial charge in [-0.2, -0.15) is 0 Å². The zero-order valence-corrected chi connectivity index (χ0v) is 9.45. The van der Waals surface area contributed by atoms with Gasteiger partial charge in [-0.05, 0) is 62.7 Å². The van der Waals surface area contributed by atoms with Gasteiger partial charge in [0.05, 0.1) is 6.10 Å². The summed E-state index contributed by atoms with van der Waals surface area (Å²) in [4.78, 5) is 11.0. The minimum atomic E-state index is 0.170. The molecule has 0 unspecified atom stereocenters. The number of ketones is 1. The van der Waals surface area contributed by atoms with E-state index >= 15 is 0 Å². The van der Waals surface area contributed by atoms with Crippen molar-refractivity contribution in [3.8, 4) is 0 Å². The average molecular weight is 208 g/mol. The van der Waals surface area contributed by atoms with Crippen LogP contribution < -0.4 is 0 Å². The number of Topliss-reactive ketones (excluding diaryl/α,β-unsaturated/α-hetero) is 1. The van der Waals surface area contributed by atoms with E-state index < -0.39 is 0 Å². The molecule has 4 rings (SSSR count). The van der Waals surface area contributed by atoms with Crippen LogP contribution in [0.15, 0.2) is 0 Å². The first-order valence-electron chi connectivity index (χ1n) is 6.33. The maximum absolute atomic E-state index is 11.0. The van der Waals surface area contributed by atoms with Crippen molar-refractivity contribution >= 4 is 5.78 Å². The van der Waals surface area contributed by atoms with E-state index in [2.05, 4.69) is 0 Å². The molecule has 0 amide bonds. The summed E-state index contributed by atoms with van der Waals surface area (Å²) < 4.78 is 5.83. The Kier molecular flexibility index (Phi) is 2.35. The molecule has 84 valence electrons. The predicted molar refractivity (Wildman–Crippen MR) is 57.5 cm³/mol. The second-order valence-corrected chi connectivity index (χ2v) is 5.91. The minimum Gasteiger partial charge on any atom is -0.370 e. The molecule has 4 aliphatic carbocycles. The van der Waals surface area contributed by atoms with Crippen LogP contribution in [-0.2, 0) is 9.53 Å². The zero-order valence-electron chi connectivity index (χ0n) is 9.45. The van der Waals surface area contributed by atoms with Crippen LogP contribution in [0.4, 0.5) is 0 Å². The van der Waals surface area contributed by atoms with Crippen LogP contribution in [-0.4, -0.2) is 18.5 Å². The summed E-state index contributed by atoms with van der Waals surface area (Å²) in [5, 5.41) is 0. The molecule has 4 aliphatic rings. The maximum atomic E-state index is 11.0. The van der Waals surface area contributed by atoms with Crippen LogP contribution in [0.1, 0.15) is 39.0 Å². The van der Waals surface area contributed by atoms with Crippen molar-refractivity contribution in [1.29, 1.82) is 0 Å². The summed E-state index contributed by atoms with van der Waals surface area (Å²) in [6.07, 6.45) is 7.38. The average Bonchev–Trinajstić information content (AvgIpc) is 2.14. The molecule has 0 heterocycles. The molecule has 0 radical (unpaired) electrons. The molecule has 0 aromatic carbocycles. The van der Waals surface area contributed by atoms with E-state index in [4.69, 9.17) is 4.74 Å². The fraction of sp³-hybridized carbons (Fsp3) is 0.923. The fourth-order valence-corrected chi connectivity index (χ4v) is 4.36. The normalized spacial score (nSPS) is 47.1. The quantitative estimate of drug-likeness (QED) is 0.712. The van der Waals surface area contributed by atoms with Gasteiger partial charge in [-0.1, -0.05) is 0 Å². The van der Waals surface area contributed by atoms with Crippen LogP contribution in [0, 0.1) is 23.7 Å². The summed E-state index contributed by atoms with van der Waals surface area (Å²) >= 11 is 0. The van der Waals surface area contributed by atoms with Gasteiger partial charge < -0.3 is 4.74 Å². The minimum absolute atomic E-state index is 0.170. The van der Waals surface area contributed by atoms with Gasteiger partial charge in [0.1, 0.15) is 6.61 Å². The molecule has 15 heavy (non-hydrogen) atoms. The lowest BCUT2D eigenvalue weighted by atomic mass is 9.55. The Morgan fingerprint density at radius 3 is 2.07 bits per heavy atom. The van der Waals surface area contributed by atoms with Gasteiger partial charge in [0.15, 0.2) is 5.78 Å². The van der Waals surface area contributed by atoms with Crippen LogP contribution in [0.5, 0.6) is 0 Å². The van der Waals surface area contributed by atoms with Gasteiger partial charge in [-0.3, -0.25) is 4.79 Å². The van der Waals surface area contributed by atoms with Crippen molar-refractivity contribution in [2.24, 2.45) is 23.7 Å². The molecule has 0 aromatic heterocycles. The fourth-order valence-electron chi connectivity index (χ4n) is 4.36. The van der Waals surface area contributed by atoms with Crippen LogP contribution in [0.25, 0.3) is 0 Å². The Morgan fingerprint density at radius 1 is 1.07 bits per heavy atom. The van der Waals surface area contributed by atoms with E-state index in [1.165, 1.54) is 32.1 Å². The van der Waals surface area contributed by atoms with Crippen molar-refractivity contribution in [2.45, 2.75) is 45.1 Å². The topological polar surface area (TPSA) is 26.3 Å². The summed E-state index contributed by atoms with van der Waals surface area (Å²) in [5.74, 6) is 3.71. The summed E-state index contributed by atoms with van der Waals surface area (Å²) in [6.45, 7) is 1.96. The van der Waals surface area contributed by atoms with Crippen LogP contribution in [0.3, 0.4) is 0 Å². The third-order valence-electron chi connectivity index (χ3n) is 4.62. The molecule has 0 aliphatic heterocycles. The highest BCUT2D eigenvalue weighted by molar-refractivity contribution is 5.76. The number of carbonyl (C=O) groups is 1. The van der Waals surface area contributed by atoms with Gasteiger partial charge in [-0.15, -0.1) is 0 Å². The third kappa shape index (κ3) is 1.73. The molecule has 4 saturated carbocycles. The number of rotatable bonds is 3. The van der Waals surface area contributed by atoms with Gasteiger partial charge in [0.2, 0.25) is 0 Å². The molecule has 2 heteroatoms. The first kappa shape index (κ1) is 9.83. The Hall–Kier alpha value is -0.370. The highest BCUT2D eigenvalue weighted by Crippen LogP contribution is 2.54. The first-order valence-corrected chi connectivity index (χ1v) is 6.33. The Balaban J connectivity index is 1.67. The van der Waals surface area contributed by atoms with Gasteiger partial charge >= 0.3 is 0 Å². The van der Waals surface area contributed by atoms with Gasteiger partial charge in [0, 0.05) is 0 Å². The Morgan fingerprint density at radius 2 is 1.60 bits per heavy atom. The lowest BCUT2D eigenvalue weighted by molar-refractivity contribution is -0.143. The van der Waals surface area contributed by atoms with E-state index in [9.17, 15) is 4.79 Å². The number of carbonyl (C=O) groups excluding carboxylic acids is 1. The van der Waals surface area contributed by atoms with Gasteiger partial charge in [-0.25, -0.2) is 0 Å². The largest absolute Gasteiger partial charge is 0.370 e. The van der Waals surface area contributed by atoms with Crippen molar-refractivity contribution in [3.05, 3.63) is 0 Å². The molecular formula is C13H20O2. The molecule has 4 fully saturated rings. The third-order valence-corrected chi connectivity index (χ3v) is 4.62. The lowest BCUT2D eigenvalue weighted by Crippen LogP contribution is -2.49. The smallest absolute Gasteiger partial charge is 0.155 e. The molecule has 0 atom stereocenters. The summed E-state index contributed by atoms with van der Waals surface area (Å²) in [7, 11) is 0. The second-order valence-electron chi connectivity index (χ2n) is 5.91. The van der Waals surface area contributed by atoms with Crippen LogP contribution >= 0.6 is 0 Å². The maximum Gasteiger partial charge on any atom is 0.155 e. The summed E-state index contributed by atoms with van der Waals surface area (Å²) in [5.41, 5.74) is 0. The van der Waals surface area contributed by atoms with Gasteiger partial charge in [0.25, 0.3) is 0 Å². The Labute approximate surface area is 91.4 Å². The van der Waals surface area contributed by atoms with Crippen molar-refractivity contribution in [1.82, 2.24) is 0 Å². The summed E-state index contributed by atoms with van der Waals surface area (Å²) in [6, 6.07) is 0. The standard InChI is InChI=1S/C13H20O2/c1-8(14)7-15-13-11-3-9-2-10(5-11)6-12(13)4-9/h9-13H,2-7H2,1H3. The van der Waals surface area contributed by atoms with E-state index in [0.29, 0.717) is 12.7 Å². The molecule has 0 N–H and O–H groups in total. The molecule has 2 nitrogen and oxygen atoms in total. The van der Waals surface area contributed by atoms with Crippen molar-refractivity contribution < 1.29 is 9.53 Å². The SMILES string of the molecule is CC(=O)COC1C2CC3CC(C2)CC1C3. The first-order chi connectivity index (χ1) is 7.22. The molecule has 0 aromatic rings. The van der Waals surface area contributed by atoms with E-state index in [1.807, 2.05) is 0 Å². The van der Waals surface area contributed by atoms with Crippen molar-refractivity contribution in [2.75, 3.05) is 6.61 Å². The number of hydrogen-bond acceptors (Lipinski definition) is 2.